The van der Waals surface area contributed by atoms with Crippen LogP contribution in [0.5, 0.6) is 0 Å². The maximum atomic E-state index is 12.1. The standard InChI is InChI=1S/C32H60N4O14.C17H23N3O5.C4H10N2O.C4H10.C2H6/c1-39-6-7-41-10-11-43-14-15-45-18-19-47-22-23-49-26-27-50-25-24-48-21-20-46-17-16-44-13-12-42-9-8-40-5-4-35(34)28-30(33)29-36-31(37)2-3-32(36)38;1-11(2)16(19-12(3)22)17(24)18-8-15(23)20-14-6-4-13(5-7-14)9-25-10-21;1-2-3-6-4(5)7;1-4(2)3;1-2/h2-3,28H,4-27,29,33-34H2,1H3;4-7,10-11,16H,8-9H2,1-3H3,(H,18,24)(H,19,22)(H,20,23);2-3H2,1H3,(H3,5,6,7);4H,1-3H3;1-2H3/b30-28-;;;;. The molecule has 0 radical (unpaired) electrons. The van der Waals surface area contributed by atoms with Crippen LogP contribution in [-0.4, -0.2) is 243 Å². The summed E-state index contributed by atoms with van der Waals surface area (Å²) < 4.78 is 69.4. The van der Waals surface area contributed by atoms with Gasteiger partial charge in [-0.25, -0.2) is 10.6 Å². The molecule has 0 spiro atoms. The minimum Gasteiger partial charge on any atom is -0.463 e. The van der Waals surface area contributed by atoms with Crippen molar-refractivity contribution in [3.8, 4) is 0 Å². The second kappa shape index (κ2) is 64.1. The zero-order valence-corrected chi connectivity index (χ0v) is 54.1. The van der Waals surface area contributed by atoms with Gasteiger partial charge in [-0.15, -0.1) is 0 Å². The minimum atomic E-state index is -0.692. The molecule has 2 rings (SSSR count). The number of methoxy groups -OCH3 is 1. The van der Waals surface area contributed by atoms with E-state index < -0.39 is 35.7 Å². The number of carbonyl (C=O) groups excluding carboxylic acids is 7. The van der Waals surface area contributed by atoms with Crippen molar-refractivity contribution < 1.29 is 95.1 Å². The molecule has 1 heterocycles. The first-order valence-corrected chi connectivity index (χ1v) is 29.7. The van der Waals surface area contributed by atoms with Crippen molar-refractivity contribution in [2.45, 2.75) is 81.4 Å². The second-order valence-electron chi connectivity index (χ2n) is 19.1. The van der Waals surface area contributed by atoms with Gasteiger partial charge in [0.1, 0.15) is 12.6 Å². The SMILES string of the molecule is CC.CC(=O)NC(C(=O)NCC(=O)Nc1ccc(COC=O)cc1)C(C)C.CC(C)C.CCCNC(N)=O.COCCOCCOCCOCCOCCOCCOCCOCCOCCOCCOCCOCCN(N)/C=C(\N)CN1C(=O)C=CC1=O. The fraction of sp³-hybridized carbons (Fsp3) is 0.712. The summed E-state index contributed by atoms with van der Waals surface area (Å²) >= 11 is 0. The number of hydrogen-bond acceptors (Lipinski definition) is 23. The summed E-state index contributed by atoms with van der Waals surface area (Å²) in [6.07, 6.45) is 4.80. The Labute approximate surface area is 522 Å². The lowest BCUT2D eigenvalue weighted by molar-refractivity contribution is -0.136. The number of hydrogen-bond donors (Lipinski definition) is 7. The van der Waals surface area contributed by atoms with Crippen LogP contribution in [0.3, 0.4) is 0 Å². The number of rotatable bonds is 50. The predicted octanol–water partition coefficient (Wildman–Crippen LogP) is 2.04. The van der Waals surface area contributed by atoms with Gasteiger partial charge in [0.05, 0.1) is 172 Å². The molecule has 1 atom stereocenters. The van der Waals surface area contributed by atoms with Crippen molar-refractivity contribution in [1.29, 1.82) is 0 Å². The fourth-order valence-corrected chi connectivity index (χ4v) is 6.00. The van der Waals surface area contributed by atoms with Crippen molar-refractivity contribution in [3.05, 3.63) is 53.9 Å². The number of urea groups is 1. The van der Waals surface area contributed by atoms with E-state index in [2.05, 4.69) is 46.8 Å². The summed E-state index contributed by atoms with van der Waals surface area (Å²) in [6, 6.07) is 5.62. The number of nitrogens with one attached hydrogen (secondary N) is 4. The Bertz CT molecular complexity index is 1920. The van der Waals surface area contributed by atoms with Gasteiger partial charge in [0.15, 0.2) is 0 Å². The van der Waals surface area contributed by atoms with Gasteiger partial charge in [0.2, 0.25) is 17.7 Å². The average Bonchev–Trinajstić information content (AvgIpc) is 3.01. The van der Waals surface area contributed by atoms with Crippen LogP contribution in [0.25, 0.3) is 0 Å². The van der Waals surface area contributed by atoms with Crippen LogP contribution in [0.15, 0.2) is 48.3 Å². The van der Waals surface area contributed by atoms with Gasteiger partial charge in [-0.1, -0.05) is 67.5 Å². The Morgan fingerprint density at radius 1 is 0.602 bits per heavy atom. The Morgan fingerprint density at radius 3 is 1.30 bits per heavy atom. The molecule has 1 unspecified atom stereocenters. The normalized spacial score (nSPS) is 11.9. The quantitative estimate of drug-likeness (QED) is 0.0161. The monoisotopic (exact) mass is 1260 g/mol. The molecular weight excluding hydrogens is 1150 g/mol. The van der Waals surface area contributed by atoms with E-state index in [1.165, 1.54) is 30.3 Å². The van der Waals surface area contributed by atoms with Gasteiger partial charge in [-0.05, 0) is 36.0 Å². The van der Waals surface area contributed by atoms with Gasteiger partial charge in [-0.3, -0.25) is 33.7 Å². The second-order valence-corrected chi connectivity index (χ2v) is 19.1. The number of carbonyl (C=O) groups is 7. The van der Waals surface area contributed by atoms with Crippen molar-refractivity contribution in [3.63, 3.8) is 0 Å². The van der Waals surface area contributed by atoms with Crippen LogP contribution in [0.1, 0.15) is 74.3 Å². The highest BCUT2D eigenvalue weighted by molar-refractivity contribution is 6.13. The number of anilines is 1. The molecule has 7 amide bonds. The molecule has 0 saturated heterocycles. The maximum Gasteiger partial charge on any atom is 0.312 e. The molecule has 10 N–H and O–H groups in total. The highest BCUT2D eigenvalue weighted by Gasteiger charge is 2.24. The first kappa shape index (κ1) is 86.3. The van der Waals surface area contributed by atoms with E-state index in [0.717, 1.165) is 22.8 Å². The van der Waals surface area contributed by atoms with Crippen LogP contribution in [0, 0.1) is 11.8 Å². The van der Waals surface area contributed by atoms with Crippen LogP contribution in [-0.2, 0) is 97.0 Å². The molecule has 1 aliphatic heterocycles. The molecule has 1 aromatic carbocycles. The molecule has 0 aliphatic carbocycles. The molecule has 0 aromatic heterocycles. The Hall–Kier alpha value is -5.93. The Kier molecular flexibility index (Phi) is 62.8. The number of hydrazine groups is 1. The predicted molar refractivity (Wildman–Crippen MR) is 331 cm³/mol. The number of ether oxygens (including phenoxy) is 13. The van der Waals surface area contributed by atoms with Crippen molar-refractivity contribution >= 4 is 47.7 Å². The highest BCUT2D eigenvalue weighted by Crippen LogP contribution is 2.10. The van der Waals surface area contributed by atoms with E-state index in [9.17, 15) is 33.6 Å². The summed E-state index contributed by atoms with van der Waals surface area (Å²) in [5.74, 6) is 4.66. The first-order valence-electron chi connectivity index (χ1n) is 29.7. The van der Waals surface area contributed by atoms with E-state index in [1.807, 2.05) is 20.8 Å². The van der Waals surface area contributed by atoms with Crippen LogP contribution in [0.2, 0.25) is 0 Å². The summed E-state index contributed by atoms with van der Waals surface area (Å²) in [6.45, 7) is 29.9. The van der Waals surface area contributed by atoms with Gasteiger partial charge in [-0.2, -0.15) is 0 Å². The highest BCUT2D eigenvalue weighted by atomic mass is 16.6. The van der Waals surface area contributed by atoms with E-state index >= 15 is 0 Å². The summed E-state index contributed by atoms with van der Waals surface area (Å²) in [4.78, 5) is 79.3. The zero-order valence-electron chi connectivity index (χ0n) is 54.1. The van der Waals surface area contributed by atoms with E-state index in [1.54, 1.807) is 45.2 Å². The van der Waals surface area contributed by atoms with E-state index in [0.29, 0.717) is 177 Å². The van der Waals surface area contributed by atoms with E-state index in [4.69, 9.17) is 74.2 Å². The summed E-state index contributed by atoms with van der Waals surface area (Å²) in [5, 5.41) is 11.5. The number of benzene rings is 1. The molecule has 29 heteroatoms. The van der Waals surface area contributed by atoms with Crippen LogP contribution >= 0.6 is 0 Å². The lowest BCUT2D eigenvalue weighted by Gasteiger charge is -2.20. The average molecular weight is 1260 g/mol. The van der Waals surface area contributed by atoms with Crippen LogP contribution < -0.4 is 38.6 Å². The van der Waals surface area contributed by atoms with E-state index in [-0.39, 0.29) is 37.2 Å². The molecule has 0 bridgehead atoms. The third-order valence-corrected chi connectivity index (χ3v) is 10.1. The molecular formula is C59H109N9O20. The summed E-state index contributed by atoms with van der Waals surface area (Å²) in [7, 11) is 1.64. The third kappa shape index (κ3) is 60.4. The first-order chi connectivity index (χ1) is 42.4. The number of nitrogens with zero attached hydrogens (tertiary/aromatic N) is 2. The lowest BCUT2D eigenvalue weighted by Crippen LogP contribution is -2.50. The maximum absolute atomic E-state index is 12.1. The molecule has 510 valence electrons. The number of imide groups is 1. The topological polar surface area (TPSA) is 372 Å². The minimum absolute atomic E-state index is 0.0210. The number of amides is 7. The largest absolute Gasteiger partial charge is 0.463 e. The molecule has 1 aliphatic rings. The van der Waals surface area contributed by atoms with Crippen molar-refractivity contribution in [2.75, 3.05) is 191 Å². The smallest absolute Gasteiger partial charge is 0.312 e. The molecule has 0 fully saturated rings. The third-order valence-electron chi connectivity index (χ3n) is 10.1. The van der Waals surface area contributed by atoms with Gasteiger partial charge < -0.3 is 99.3 Å². The van der Waals surface area contributed by atoms with Gasteiger partial charge >= 0.3 is 6.03 Å². The number of nitrogens with two attached hydrogens (primary N) is 3. The number of primary amides is 1. The van der Waals surface area contributed by atoms with Gasteiger partial charge in [0.25, 0.3) is 18.3 Å². The van der Waals surface area contributed by atoms with Crippen LogP contribution in [0.4, 0.5) is 10.5 Å². The summed E-state index contributed by atoms with van der Waals surface area (Å²) in [5.41, 5.74) is 12.2. The Balaban J connectivity index is -0.00000156. The molecule has 29 nitrogen and oxygen atoms in total. The van der Waals surface area contributed by atoms with Gasteiger partial charge in [0, 0.05) is 50.3 Å². The molecule has 0 saturated carbocycles. The van der Waals surface area contributed by atoms with Crippen molar-refractivity contribution in [2.24, 2.45) is 29.1 Å². The molecule has 1 aromatic rings. The Morgan fingerprint density at radius 2 is 0.977 bits per heavy atom. The fourth-order valence-electron chi connectivity index (χ4n) is 6.00. The zero-order chi connectivity index (χ0) is 66.3. The molecule has 88 heavy (non-hydrogen) atoms. The van der Waals surface area contributed by atoms with Crippen molar-refractivity contribution in [1.82, 2.24) is 25.9 Å². The lowest BCUT2D eigenvalue weighted by atomic mass is 10.0.